The molecule has 28 heavy (non-hydrogen) atoms. The Labute approximate surface area is 173 Å². The molecule has 0 saturated heterocycles. The number of hydrogen-bond acceptors (Lipinski definition) is 5. The third-order valence-electron chi connectivity index (χ3n) is 3.73. The Kier molecular flexibility index (Phi) is 7.06. The molecule has 1 N–H and O–H groups in total. The van der Waals surface area contributed by atoms with Gasteiger partial charge < -0.3 is 10.1 Å². The van der Waals surface area contributed by atoms with Crippen molar-refractivity contribution in [1.82, 2.24) is 4.31 Å². The topological polar surface area (TPSA) is 92.8 Å². The zero-order chi connectivity index (χ0) is 21.1. The lowest BCUT2D eigenvalue weighted by atomic mass is 10.2. The summed E-state index contributed by atoms with van der Waals surface area (Å²) in [6.45, 7) is 1.40. The quantitative estimate of drug-likeness (QED) is 0.688. The Morgan fingerprint density at radius 2 is 1.68 bits per heavy atom. The van der Waals surface area contributed by atoms with Gasteiger partial charge in [-0.3, -0.25) is 4.79 Å². The van der Waals surface area contributed by atoms with Gasteiger partial charge in [-0.15, -0.1) is 0 Å². The average Bonchev–Trinajstić information content (AvgIpc) is 2.65. The van der Waals surface area contributed by atoms with Crippen LogP contribution >= 0.6 is 23.2 Å². The van der Waals surface area contributed by atoms with E-state index >= 15 is 0 Å². The standard InChI is InChI=1S/C18H18Cl2N2O5S/c1-11(17(23)21-15-6-4-5-14(19)16(15)20)27-18(24)12-7-9-13(10-8-12)28(25,26)22(2)3/h4-11H,1-3H3,(H,21,23). The number of amides is 1. The lowest BCUT2D eigenvalue weighted by Gasteiger charge is -2.15. The molecule has 0 heterocycles. The summed E-state index contributed by atoms with van der Waals surface area (Å²) in [5, 5.41) is 2.98. The summed E-state index contributed by atoms with van der Waals surface area (Å²) in [5.74, 6) is -1.36. The minimum atomic E-state index is -3.60. The van der Waals surface area contributed by atoms with Gasteiger partial charge in [0.1, 0.15) is 0 Å². The van der Waals surface area contributed by atoms with Crippen molar-refractivity contribution in [1.29, 1.82) is 0 Å². The van der Waals surface area contributed by atoms with E-state index < -0.39 is 28.0 Å². The number of anilines is 1. The minimum Gasteiger partial charge on any atom is -0.449 e. The fraction of sp³-hybridized carbons (Fsp3) is 0.222. The number of carbonyl (C=O) groups is 2. The number of rotatable bonds is 6. The summed E-state index contributed by atoms with van der Waals surface area (Å²) in [5.41, 5.74) is 0.401. The summed E-state index contributed by atoms with van der Waals surface area (Å²) >= 11 is 11.9. The molecule has 10 heteroatoms. The first-order chi connectivity index (χ1) is 13.0. The highest BCUT2D eigenvalue weighted by Gasteiger charge is 2.22. The van der Waals surface area contributed by atoms with E-state index in [-0.39, 0.29) is 20.5 Å². The highest BCUT2D eigenvalue weighted by Crippen LogP contribution is 2.29. The third-order valence-corrected chi connectivity index (χ3v) is 6.38. The zero-order valence-electron chi connectivity index (χ0n) is 15.3. The van der Waals surface area contributed by atoms with Crippen LogP contribution in [-0.2, 0) is 19.6 Å². The van der Waals surface area contributed by atoms with E-state index in [9.17, 15) is 18.0 Å². The molecule has 150 valence electrons. The highest BCUT2D eigenvalue weighted by atomic mass is 35.5. The summed E-state index contributed by atoms with van der Waals surface area (Å²) in [6.07, 6.45) is -1.12. The molecule has 1 unspecified atom stereocenters. The Hall–Kier alpha value is -2.13. The molecule has 0 aliphatic carbocycles. The molecule has 1 amide bonds. The zero-order valence-corrected chi connectivity index (χ0v) is 17.6. The van der Waals surface area contributed by atoms with Gasteiger partial charge in [0, 0.05) is 14.1 Å². The van der Waals surface area contributed by atoms with E-state index in [2.05, 4.69) is 5.32 Å². The lowest BCUT2D eigenvalue weighted by molar-refractivity contribution is -0.123. The van der Waals surface area contributed by atoms with E-state index in [0.29, 0.717) is 5.69 Å². The number of ether oxygens (including phenoxy) is 1. The SMILES string of the molecule is CC(OC(=O)c1ccc(S(=O)(=O)N(C)C)cc1)C(=O)Nc1cccc(Cl)c1Cl. The van der Waals surface area contributed by atoms with E-state index in [1.165, 1.54) is 45.3 Å². The van der Waals surface area contributed by atoms with Crippen LogP contribution in [0.3, 0.4) is 0 Å². The van der Waals surface area contributed by atoms with Crippen LogP contribution < -0.4 is 5.32 Å². The van der Waals surface area contributed by atoms with Gasteiger partial charge in [0.05, 0.1) is 26.2 Å². The molecule has 0 bridgehead atoms. The first-order valence-electron chi connectivity index (χ1n) is 8.02. The molecule has 2 aromatic carbocycles. The summed E-state index contributed by atoms with van der Waals surface area (Å²) in [4.78, 5) is 24.5. The number of hydrogen-bond donors (Lipinski definition) is 1. The van der Waals surface area contributed by atoms with Crippen LogP contribution in [0.15, 0.2) is 47.4 Å². The second-order valence-electron chi connectivity index (χ2n) is 5.95. The molecule has 0 saturated carbocycles. The molecule has 0 radical (unpaired) electrons. The van der Waals surface area contributed by atoms with E-state index in [1.807, 2.05) is 0 Å². The molecule has 0 fully saturated rings. The molecule has 0 aromatic heterocycles. The molecular formula is C18H18Cl2N2O5S. The van der Waals surface area contributed by atoms with Crippen molar-refractivity contribution in [2.75, 3.05) is 19.4 Å². The van der Waals surface area contributed by atoms with Gasteiger partial charge in [-0.1, -0.05) is 29.3 Å². The molecule has 0 aliphatic heterocycles. The molecule has 1 atom stereocenters. The van der Waals surface area contributed by atoms with Gasteiger partial charge in [0.25, 0.3) is 5.91 Å². The molecule has 0 spiro atoms. The second-order valence-corrected chi connectivity index (χ2v) is 8.89. The van der Waals surface area contributed by atoms with Crippen molar-refractivity contribution in [2.45, 2.75) is 17.9 Å². The Morgan fingerprint density at radius 3 is 2.25 bits per heavy atom. The lowest BCUT2D eigenvalue weighted by Crippen LogP contribution is -2.30. The second kappa shape index (κ2) is 8.91. The molecule has 0 aliphatic rings. The van der Waals surface area contributed by atoms with Gasteiger partial charge in [-0.2, -0.15) is 0 Å². The van der Waals surface area contributed by atoms with Crippen molar-refractivity contribution in [2.24, 2.45) is 0 Å². The fourth-order valence-corrected chi connectivity index (χ4v) is 3.34. The highest BCUT2D eigenvalue weighted by molar-refractivity contribution is 7.89. The van der Waals surface area contributed by atoms with Crippen LogP contribution in [0.1, 0.15) is 17.3 Å². The van der Waals surface area contributed by atoms with Crippen LogP contribution in [0, 0.1) is 0 Å². The minimum absolute atomic E-state index is 0.0374. The molecular weight excluding hydrogens is 427 g/mol. The molecule has 2 aromatic rings. The average molecular weight is 445 g/mol. The Bertz CT molecular complexity index is 992. The Morgan fingerprint density at radius 1 is 1.07 bits per heavy atom. The number of carbonyl (C=O) groups excluding carboxylic acids is 2. The predicted molar refractivity (Wildman–Crippen MR) is 107 cm³/mol. The number of nitrogens with zero attached hydrogens (tertiary/aromatic N) is 1. The Balaban J connectivity index is 2.05. The maximum absolute atomic E-state index is 12.2. The van der Waals surface area contributed by atoms with Crippen LogP contribution in [0.25, 0.3) is 0 Å². The van der Waals surface area contributed by atoms with Crippen molar-refractivity contribution in [3.63, 3.8) is 0 Å². The maximum Gasteiger partial charge on any atom is 0.338 e. The van der Waals surface area contributed by atoms with E-state index in [1.54, 1.807) is 18.2 Å². The van der Waals surface area contributed by atoms with E-state index in [0.717, 1.165) is 4.31 Å². The monoisotopic (exact) mass is 444 g/mol. The third kappa shape index (κ3) is 5.02. The van der Waals surface area contributed by atoms with Crippen LogP contribution in [0.2, 0.25) is 10.0 Å². The van der Waals surface area contributed by atoms with Crippen LogP contribution in [0.5, 0.6) is 0 Å². The number of sulfonamides is 1. The number of esters is 1. The summed E-state index contributed by atoms with van der Waals surface area (Å²) in [6, 6.07) is 9.97. The van der Waals surface area contributed by atoms with Crippen molar-refractivity contribution < 1.29 is 22.7 Å². The summed E-state index contributed by atoms with van der Waals surface area (Å²) < 4.78 is 30.3. The predicted octanol–water partition coefficient (Wildman–Crippen LogP) is 3.43. The van der Waals surface area contributed by atoms with E-state index in [4.69, 9.17) is 27.9 Å². The smallest absolute Gasteiger partial charge is 0.338 e. The van der Waals surface area contributed by atoms with Crippen LogP contribution in [0.4, 0.5) is 5.69 Å². The first kappa shape index (κ1) is 22.2. The van der Waals surface area contributed by atoms with Gasteiger partial charge in [0.15, 0.2) is 6.10 Å². The largest absolute Gasteiger partial charge is 0.449 e. The van der Waals surface area contributed by atoms with Gasteiger partial charge in [-0.25, -0.2) is 17.5 Å². The molecule has 2 rings (SSSR count). The van der Waals surface area contributed by atoms with Gasteiger partial charge in [0.2, 0.25) is 10.0 Å². The molecule has 7 nitrogen and oxygen atoms in total. The van der Waals surface area contributed by atoms with Crippen molar-refractivity contribution >= 4 is 50.8 Å². The number of benzene rings is 2. The fourth-order valence-electron chi connectivity index (χ4n) is 2.09. The normalized spacial score (nSPS) is 12.5. The maximum atomic E-state index is 12.2. The van der Waals surface area contributed by atoms with Gasteiger partial charge >= 0.3 is 5.97 Å². The first-order valence-corrected chi connectivity index (χ1v) is 10.2. The van der Waals surface area contributed by atoms with Crippen molar-refractivity contribution in [3.8, 4) is 0 Å². The van der Waals surface area contributed by atoms with Crippen LogP contribution in [-0.4, -0.2) is 44.8 Å². The van der Waals surface area contributed by atoms with Crippen molar-refractivity contribution in [3.05, 3.63) is 58.1 Å². The summed E-state index contributed by atoms with van der Waals surface area (Å²) in [7, 11) is -0.791. The van der Waals surface area contributed by atoms with Gasteiger partial charge in [-0.05, 0) is 43.3 Å². The number of halogens is 2. The number of nitrogens with one attached hydrogen (secondary N) is 1.